The topological polar surface area (TPSA) is 48.8 Å². The number of aromatic nitrogens is 4. The van der Waals surface area contributed by atoms with Gasteiger partial charge in [-0.1, -0.05) is 127 Å². The third kappa shape index (κ3) is 3.93. The minimum atomic E-state index is 0.632. The van der Waals surface area contributed by atoms with E-state index >= 15 is 0 Å². The molecule has 0 amide bonds. The van der Waals surface area contributed by atoms with Crippen molar-refractivity contribution in [1.82, 2.24) is 19.1 Å². The summed E-state index contributed by atoms with van der Waals surface area (Å²) in [6.45, 7) is 0. The van der Waals surface area contributed by atoms with Crippen molar-refractivity contribution in [2.75, 3.05) is 0 Å². The van der Waals surface area contributed by atoms with Crippen molar-refractivity contribution in [2.24, 2.45) is 0 Å². The van der Waals surface area contributed by atoms with Gasteiger partial charge in [0.05, 0.1) is 33.3 Å². The number of rotatable bonds is 3. The Morgan fingerprint density at radius 1 is 0.446 bits per heavy atom. The molecule has 8 aromatic carbocycles. The molecule has 0 unspecified atom stereocenters. The van der Waals surface area contributed by atoms with Crippen LogP contribution in [0.25, 0.3) is 120 Å². The number of thiophene rings is 1. The van der Waals surface area contributed by atoms with Crippen molar-refractivity contribution >= 4 is 108 Å². The monoisotopic (exact) mass is 732 g/mol. The second-order valence-electron chi connectivity index (χ2n) is 14.5. The second kappa shape index (κ2) is 11.1. The molecule has 0 aliphatic heterocycles. The van der Waals surface area contributed by atoms with E-state index < -0.39 is 0 Å². The zero-order chi connectivity index (χ0) is 36.5. The van der Waals surface area contributed by atoms with E-state index in [4.69, 9.17) is 14.4 Å². The predicted octanol–water partition coefficient (Wildman–Crippen LogP) is 13.8. The summed E-state index contributed by atoms with van der Waals surface area (Å²) in [4.78, 5) is 11.1. The smallest absolute Gasteiger partial charge is 0.235 e. The van der Waals surface area contributed by atoms with Gasteiger partial charge >= 0.3 is 0 Å². The molecule has 260 valence electrons. The molecule has 0 aliphatic carbocycles. The fraction of sp³-hybridized carbons (Fsp3) is 0. The van der Waals surface area contributed by atoms with Gasteiger partial charge in [-0.15, -0.1) is 11.3 Å². The molecule has 0 saturated carbocycles. The molecular weight excluding hydrogens is 705 g/mol. The Kier molecular flexibility index (Phi) is 5.98. The second-order valence-corrected chi connectivity index (χ2v) is 15.5. The molecule has 0 saturated heterocycles. The summed E-state index contributed by atoms with van der Waals surface area (Å²) in [5.41, 5.74) is 9.97. The molecule has 5 aromatic heterocycles. The number of hydrogen-bond acceptors (Lipinski definition) is 4. The van der Waals surface area contributed by atoms with Gasteiger partial charge < -0.3 is 8.98 Å². The molecular formula is C50H28N4OS. The van der Waals surface area contributed by atoms with Crippen molar-refractivity contribution in [3.8, 4) is 22.9 Å². The highest BCUT2D eigenvalue weighted by Crippen LogP contribution is 2.49. The van der Waals surface area contributed by atoms with Crippen LogP contribution in [-0.4, -0.2) is 19.1 Å². The van der Waals surface area contributed by atoms with Gasteiger partial charge in [0.25, 0.3) is 0 Å². The molecule has 0 fully saturated rings. The largest absolute Gasteiger partial charge is 0.454 e. The van der Waals surface area contributed by atoms with Crippen LogP contribution in [0.4, 0.5) is 0 Å². The van der Waals surface area contributed by atoms with Crippen molar-refractivity contribution in [3.63, 3.8) is 0 Å². The lowest BCUT2D eigenvalue weighted by Gasteiger charge is -2.13. The van der Waals surface area contributed by atoms with Crippen LogP contribution in [0, 0.1) is 0 Å². The number of para-hydroxylation sites is 5. The number of hydrogen-bond donors (Lipinski definition) is 0. The van der Waals surface area contributed by atoms with E-state index in [9.17, 15) is 0 Å². The summed E-state index contributed by atoms with van der Waals surface area (Å²) in [5, 5.41) is 10.2. The zero-order valence-electron chi connectivity index (χ0n) is 29.8. The summed E-state index contributed by atoms with van der Waals surface area (Å²) in [7, 11) is 0. The molecule has 13 rings (SSSR count). The van der Waals surface area contributed by atoms with Gasteiger partial charge in [-0.05, 0) is 42.5 Å². The van der Waals surface area contributed by atoms with Gasteiger partial charge in [-0.3, -0.25) is 4.57 Å². The van der Waals surface area contributed by atoms with E-state index in [2.05, 4.69) is 179 Å². The maximum absolute atomic E-state index is 6.97. The Morgan fingerprint density at radius 2 is 1.09 bits per heavy atom. The Bertz CT molecular complexity index is 3770. The normalized spacial score (nSPS) is 12.3. The van der Waals surface area contributed by atoms with Crippen LogP contribution in [0.2, 0.25) is 0 Å². The Balaban J connectivity index is 1.27. The molecule has 0 radical (unpaired) electrons. The average Bonchev–Trinajstić information content (AvgIpc) is 4.01. The molecule has 0 N–H and O–H groups in total. The highest BCUT2D eigenvalue weighted by molar-refractivity contribution is 7.26. The highest BCUT2D eigenvalue weighted by Gasteiger charge is 2.28. The van der Waals surface area contributed by atoms with Crippen molar-refractivity contribution in [2.45, 2.75) is 0 Å². The minimum Gasteiger partial charge on any atom is -0.454 e. The zero-order valence-corrected chi connectivity index (χ0v) is 30.6. The molecule has 0 aliphatic rings. The van der Waals surface area contributed by atoms with E-state index in [1.165, 1.54) is 20.2 Å². The van der Waals surface area contributed by atoms with Crippen molar-refractivity contribution in [1.29, 1.82) is 0 Å². The minimum absolute atomic E-state index is 0.632. The third-order valence-electron chi connectivity index (χ3n) is 11.5. The van der Waals surface area contributed by atoms with E-state index in [1.807, 2.05) is 11.3 Å². The molecule has 0 bridgehead atoms. The van der Waals surface area contributed by atoms with Crippen LogP contribution in [0.5, 0.6) is 0 Å². The molecule has 5 nitrogen and oxygen atoms in total. The molecule has 13 aromatic rings. The number of benzene rings is 8. The first kappa shape index (κ1) is 30.1. The van der Waals surface area contributed by atoms with Crippen LogP contribution >= 0.6 is 11.3 Å². The number of fused-ring (bicyclic) bond motifs is 16. The maximum atomic E-state index is 6.97. The molecule has 6 heteroatoms. The van der Waals surface area contributed by atoms with Crippen LogP contribution in [0.15, 0.2) is 174 Å². The summed E-state index contributed by atoms with van der Waals surface area (Å²) in [5.74, 6) is 0.632. The van der Waals surface area contributed by atoms with Crippen LogP contribution < -0.4 is 0 Å². The molecule has 5 heterocycles. The van der Waals surface area contributed by atoms with E-state index in [-0.39, 0.29) is 0 Å². The molecule has 0 atom stereocenters. The first-order valence-electron chi connectivity index (χ1n) is 18.8. The summed E-state index contributed by atoms with van der Waals surface area (Å²) in [6.07, 6.45) is 0. The Hall–Kier alpha value is -7.28. The third-order valence-corrected chi connectivity index (χ3v) is 12.7. The first-order valence-corrected chi connectivity index (χ1v) is 19.7. The van der Waals surface area contributed by atoms with Gasteiger partial charge in [-0.25, -0.2) is 9.97 Å². The van der Waals surface area contributed by atoms with Crippen molar-refractivity contribution in [3.05, 3.63) is 170 Å². The molecule has 56 heavy (non-hydrogen) atoms. The van der Waals surface area contributed by atoms with Crippen LogP contribution in [0.3, 0.4) is 0 Å². The highest BCUT2D eigenvalue weighted by atomic mass is 32.1. The van der Waals surface area contributed by atoms with Gasteiger partial charge in [0.1, 0.15) is 5.58 Å². The summed E-state index contributed by atoms with van der Waals surface area (Å²) >= 11 is 1.83. The van der Waals surface area contributed by atoms with Gasteiger partial charge in [0.15, 0.2) is 5.58 Å². The fourth-order valence-electron chi connectivity index (χ4n) is 9.24. The summed E-state index contributed by atoms with van der Waals surface area (Å²) < 4.78 is 14.1. The summed E-state index contributed by atoms with van der Waals surface area (Å²) in [6, 6.07) is 60.1. The number of nitrogens with zero attached hydrogens (tertiary/aromatic N) is 4. The molecule has 0 spiro atoms. The van der Waals surface area contributed by atoms with E-state index in [1.54, 1.807) is 0 Å². The fourth-order valence-corrected chi connectivity index (χ4v) is 10.5. The lowest BCUT2D eigenvalue weighted by Crippen LogP contribution is -2.04. The van der Waals surface area contributed by atoms with Crippen LogP contribution in [-0.2, 0) is 0 Å². The lowest BCUT2D eigenvalue weighted by atomic mass is 10.0. The maximum Gasteiger partial charge on any atom is 0.235 e. The SMILES string of the molecule is c1ccc(-n2c3ccccc3c3c2c2oc4ccccc4c2c2c4ccccc4n(-c4nc(-c5cccc6c5sc5ccccc56)c5ccccc5n4)c23)cc1. The first-order chi connectivity index (χ1) is 27.8. The van der Waals surface area contributed by atoms with E-state index in [0.29, 0.717) is 5.95 Å². The standard InChI is InChI=1S/C50H28N4OS/c1-2-15-29(16-3-1)53-38-25-10-6-20-34(38)44-46-42(43-35-21-7-12-27-40(35)55-48(43)47(44)53)33-19-5-11-26-39(33)54(46)50-51-37-24-9-4-18-32(37)45(52-50)36-23-14-22-31-30-17-8-13-28-41(30)56-49(31)36/h1-28H. The lowest BCUT2D eigenvalue weighted by molar-refractivity contribution is 0.671. The van der Waals surface area contributed by atoms with Gasteiger partial charge in [-0.2, -0.15) is 0 Å². The Morgan fingerprint density at radius 3 is 1.93 bits per heavy atom. The number of furan rings is 1. The van der Waals surface area contributed by atoms with E-state index in [0.717, 1.165) is 93.4 Å². The quantitative estimate of drug-likeness (QED) is 0.182. The average molecular weight is 733 g/mol. The van der Waals surface area contributed by atoms with Gasteiger partial charge in [0, 0.05) is 69.1 Å². The Labute approximate surface area is 322 Å². The van der Waals surface area contributed by atoms with Gasteiger partial charge in [0.2, 0.25) is 5.95 Å². The predicted molar refractivity (Wildman–Crippen MR) is 234 cm³/mol. The van der Waals surface area contributed by atoms with Crippen molar-refractivity contribution < 1.29 is 4.42 Å². The van der Waals surface area contributed by atoms with Crippen LogP contribution in [0.1, 0.15) is 0 Å².